The predicted octanol–water partition coefficient (Wildman–Crippen LogP) is 3.25. The van der Waals surface area contributed by atoms with Gasteiger partial charge in [-0.2, -0.15) is 0 Å². The Morgan fingerprint density at radius 2 is 1.79 bits per heavy atom. The lowest BCUT2D eigenvalue weighted by Crippen LogP contribution is -2.59. The topological polar surface area (TPSA) is 78.5 Å². The van der Waals surface area contributed by atoms with Crippen molar-refractivity contribution in [3.05, 3.63) is 35.9 Å². The van der Waals surface area contributed by atoms with Gasteiger partial charge in [0.1, 0.15) is 12.1 Å². The lowest BCUT2D eigenvalue weighted by atomic mass is 9.67. The van der Waals surface area contributed by atoms with E-state index in [9.17, 15) is 14.4 Å². The average molecular weight is 386 g/mol. The molecule has 2 fully saturated rings. The van der Waals surface area contributed by atoms with Gasteiger partial charge in [-0.15, -0.1) is 0 Å². The van der Waals surface area contributed by atoms with Crippen molar-refractivity contribution >= 4 is 17.8 Å². The molecular formula is C22H31N3O3. The fraction of sp³-hybridized carbons (Fsp3) is 0.591. The second-order valence-electron chi connectivity index (χ2n) is 8.62. The van der Waals surface area contributed by atoms with E-state index in [-0.39, 0.29) is 42.2 Å². The van der Waals surface area contributed by atoms with Crippen LogP contribution < -0.4 is 10.6 Å². The number of carbonyl (C=O) groups is 3. The van der Waals surface area contributed by atoms with Gasteiger partial charge in [-0.05, 0) is 36.2 Å². The molecule has 4 amide bonds. The maximum Gasteiger partial charge on any atom is 0.325 e. The minimum absolute atomic E-state index is 0.0634. The largest absolute Gasteiger partial charge is 0.347 e. The van der Waals surface area contributed by atoms with Gasteiger partial charge in [-0.25, -0.2) is 4.79 Å². The van der Waals surface area contributed by atoms with Crippen LogP contribution in [0, 0.1) is 17.8 Å². The third-order valence-electron chi connectivity index (χ3n) is 6.43. The number of carbonyl (C=O) groups excluding carboxylic acids is 3. The van der Waals surface area contributed by atoms with Crippen molar-refractivity contribution in [1.29, 1.82) is 0 Å². The summed E-state index contributed by atoms with van der Waals surface area (Å²) in [5.41, 5.74) is 0.140. The van der Waals surface area contributed by atoms with Crippen LogP contribution in [0.4, 0.5) is 4.79 Å². The van der Waals surface area contributed by atoms with Crippen molar-refractivity contribution in [2.75, 3.05) is 6.54 Å². The highest BCUT2D eigenvalue weighted by Gasteiger charge is 2.58. The second kappa shape index (κ2) is 7.94. The molecule has 1 spiro atoms. The number of rotatable bonds is 5. The van der Waals surface area contributed by atoms with E-state index in [0.717, 1.165) is 29.7 Å². The monoisotopic (exact) mass is 385 g/mol. The van der Waals surface area contributed by atoms with Crippen molar-refractivity contribution in [3.8, 4) is 0 Å². The van der Waals surface area contributed by atoms with Crippen LogP contribution in [0.1, 0.15) is 58.6 Å². The van der Waals surface area contributed by atoms with E-state index >= 15 is 0 Å². The van der Waals surface area contributed by atoms with Crippen molar-refractivity contribution in [3.63, 3.8) is 0 Å². The van der Waals surface area contributed by atoms with E-state index < -0.39 is 11.6 Å². The molecule has 28 heavy (non-hydrogen) atoms. The summed E-state index contributed by atoms with van der Waals surface area (Å²) in [7, 11) is 0. The third-order valence-corrected chi connectivity index (χ3v) is 6.43. The Bertz CT molecular complexity index is 737. The summed E-state index contributed by atoms with van der Waals surface area (Å²) < 4.78 is 0. The number of benzene rings is 1. The highest BCUT2D eigenvalue weighted by atomic mass is 16.2. The zero-order chi connectivity index (χ0) is 20.5. The minimum Gasteiger partial charge on any atom is -0.347 e. The number of amides is 4. The summed E-state index contributed by atoms with van der Waals surface area (Å²) in [5.74, 6) is -0.270. The molecule has 1 aromatic carbocycles. The molecule has 3 atom stereocenters. The summed E-state index contributed by atoms with van der Waals surface area (Å²) in [4.78, 5) is 39.6. The number of hydrogen-bond donors (Lipinski definition) is 2. The molecule has 3 unspecified atom stereocenters. The molecule has 0 bridgehead atoms. The van der Waals surface area contributed by atoms with Crippen LogP contribution in [0.5, 0.6) is 0 Å². The summed E-state index contributed by atoms with van der Waals surface area (Å²) >= 11 is 0. The molecule has 1 saturated heterocycles. The fourth-order valence-corrected chi connectivity index (χ4v) is 4.75. The van der Waals surface area contributed by atoms with Crippen molar-refractivity contribution in [2.45, 2.75) is 58.5 Å². The number of nitrogens with one attached hydrogen (secondary N) is 2. The average Bonchev–Trinajstić information content (AvgIpc) is 2.90. The molecule has 1 heterocycles. The lowest BCUT2D eigenvalue weighted by Gasteiger charge is -2.42. The zero-order valence-corrected chi connectivity index (χ0v) is 17.2. The summed E-state index contributed by atoms with van der Waals surface area (Å²) in [6.07, 6.45) is 2.86. The van der Waals surface area contributed by atoms with E-state index in [2.05, 4.69) is 10.6 Å². The Hall–Kier alpha value is -2.37. The highest BCUT2D eigenvalue weighted by molar-refractivity contribution is 6.09. The van der Waals surface area contributed by atoms with E-state index in [0.29, 0.717) is 0 Å². The van der Waals surface area contributed by atoms with E-state index in [1.807, 2.05) is 58.0 Å². The van der Waals surface area contributed by atoms with Gasteiger partial charge in [-0.1, -0.05) is 64.4 Å². The number of hydrogen-bond acceptors (Lipinski definition) is 3. The van der Waals surface area contributed by atoms with Crippen LogP contribution in [0.25, 0.3) is 0 Å². The molecule has 2 N–H and O–H groups in total. The molecule has 1 aliphatic heterocycles. The molecule has 1 saturated carbocycles. The molecule has 0 aromatic heterocycles. The van der Waals surface area contributed by atoms with Gasteiger partial charge in [-0.3, -0.25) is 14.5 Å². The summed E-state index contributed by atoms with van der Waals surface area (Å²) in [6, 6.07) is 9.12. The lowest BCUT2D eigenvalue weighted by molar-refractivity contribution is -0.139. The normalized spacial score (nSPS) is 28.5. The van der Waals surface area contributed by atoms with Crippen LogP contribution in [-0.2, 0) is 9.59 Å². The van der Waals surface area contributed by atoms with E-state index in [1.165, 1.54) is 0 Å². The van der Waals surface area contributed by atoms with Gasteiger partial charge in [0.05, 0.1) is 6.04 Å². The third kappa shape index (κ3) is 3.52. The fourth-order valence-electron chi connectivity index (χ4n) is 4.75. The zero-order valence-electron chi connectivity index (χ0n) is 17.2. The van der Waals surface area contributed by atoms with Crippen molar-refractivity contribution in [2.24, 2.45) is 17.8 Å². The first-order chi connectivity index (χ1) is 13.3. The number of imide groups is 1. The van der Waals surface area contributed by atoms with Crippen LogP contribution in [0.3, 0.4) is 0 Å². The summed E-state index contributed by atoms with van der Waals surface area (Å²) in [5, 5.41) is 5.94. The van der Waals surface area contributed by atoms with Gasteiger partial charge < -0.3 is 10.6 Å². The van der Waals surface area contributed by atoms with E-state index in [1.54, 1.807) is 0 Å². The Morgan fingerprint density at radius 3 is 2.36 bits per heavy atom. The predicted molar refractivity (Wildman–Crippen MR) is 107 cm³/mol. The second-order valence-corrected chi connectivity index (χ2v) is 8.62. The van der Waals surface area contributed by atoms with Crippen molar-refractivity contribution in [1.82, 2.24) is 15.5 Å². The first kappa shape index (κ1) is 20.4. The standard InChI is InChI=1S/C22H31N3O3/c1-14(2)19(17-11-6-5-7-12-17)23-18(26)13-25-20(27)22(24-21(25)28)15(3)9-8-10-16(22)4/h5-7,11-12,14-16,19H,8-10,13H2,1-4H3,(H,23,26)(H,24,28). The molecular weight excluding hydrogens is 354 g/mol. The smallest absolute Gasteiger partial charge is 0.325 e. The van der Waals surface area contributed by atoms with Gasteiger partial charge >= 0.3 is 6.03 Å². The Balaban J connectivity index is 1.73. The number of urea groups is 1. The Morgan fingerprint density at radius 1 is 1.18 bits per heavy atom. The minimum atomic E-state index is -0.869. The van der Waals surface area contributed by atoms with Crippen molar-refractivity contribution < 1.29 is 14.4 Å². The van der Waals surface area contributed by atoms with E-state index in [4.69, 9.17) is 0 Å². The Labute approximate surface area is 167 Å². The highest BCUT2D eigenvalue weighted by Crippen LogP contribution is 2.42. The SMILES string of the molecule is CC(C)C(NC(=O)CN1C(=O)NC2(C1=O)C(C)CCCC2C)c1ccccc1. The van der Waals surface area contributed by atoms with Crippen LogP contribution in [0.2, 0.25) is 0 Å². The van der Waals surface area contributed by atoms with Gasteiger partial charge in [0.25, 0.3) is 5.91 Å². The first-order valence-electron chi connectivity index (χ1n) is 10.3. The quantitative estimate of drug-likeness (QED) is 0.764. The van der Waals surface area contributed by atoms with Gasteiger partial charge in [0.15, 0.2) is 0 Å². The maximum absolute atomic E-state index is 13.2. The molecule has 0 radical (unpaired) electrons. The molecule has 6 nitrogen and oxygen atoms in total. The molecule has 2 aliphatic rings. The number of nitrogens with zero attached hydrogens (tertiary/aromatic N) is 1. The van der Waals surface area contributed by atoms with Gasteiger partial charge in [0, 0.05) is 0 Å². The summed E-state index contributed by atoms with van der Waals surface area (Å²) in [6.45, 7) is 7.85. The Kier molecular flexibility index (Phi) is 5.77. The van der Waals surface area contributed by atoms with Crippen LogP contribution in [-0.4, -0.2) is 34.8 Å². The molecule has 152 valence electrons. The molecule has 6 heteroatoms. The molecule has 1 aromatic rings. The first-order valence-corrected chi connectivity index (χ1v) is 10.3. The molecule has 3 rings (SSSR count). The van der Waals surface area contributed by atoms with Gasteiger partial charge in [0.2, 0.25) is 5.91 Å². The molecule has 1 aliphatic carbocycles. The van der Waals surface area contributed by atoms with Crippen LogP contribution >= 0.6 is 0 Å². The van der Waals surface area contributed by atoms with Crippen LogP contribution in [0.15, 0.2) is 30.3 Å². The maximum atomic E-state index is 13.2.